The van der Waals surface area contributed by atoms with Crippen LogP contribution in [0.3, 0.4) is 0 Å². The second kappa shape index (κ2) is 4.33. The zero-order valence-electron chi connectivity index (χ0n) is 7.90. The Morgan fingerprint density at radius 2 is 1.50 bits per heavy atom. The van der Waals surface area contributed by atoms with Gasteiger partial charge in [-0.2, -0.15) is 0 Å². The molecule has 0 N–H and O–H groups in total. The Labute approximate surface area is 70.1 Å². The first-order chi connectivity index (χ1) is 4.49. The van der Waals surface area contributed by atoms with Crippen LogP contribution >= 0.6 is 11.6 Å². The molecule has 60 valence electrons. The monoisotopic (exact) mass is 158 g/mol. The third-order valence-corrected chi connectivity index (χ3v) is 3.14. The Kier molecular flexibility index (Phi) is 4.50. The maximum Gasteiger partial charge on any atom is 0.209 e. The molecule has 0 aliphatic heterocycles. The largest absolute Gasteiger partial charge is 0.209 e. The summed E-state index contributed by atoms with van der Waals surface area (Å²) in [4.78, 5) is 0. The highest BCUT2D eigenvalue weighted by Gasteiger charge is 2.18. The Hall–Kier alpha value is 0.415. The van der Waals surface area contributed by atoms with Crippen LogP contribution in [0.5, 0.6) is 0 Å². The molecule has 0 aliphatic rings. The molecule has 0 heterocycles. The molecule has 10 heavy (non-hydrogen) atoms. The summed E-state index contributed by atoms with van der Waals surface area (Å²) in [6, 6.07) is 0. The molecule has 0 amide bonds. The number of hydrogen-bond donors (Lipinski definition) is 0. The van der Waals surface area contributed by atoms with Crippen LogP contribution in [-0.2, 0) is 0 Å². The molecule has 0 bridgehead atoms. The van der Waals surface area contributed by atoms with Crippen LogP contribution in [0, 0.1) is 0 Å². The molecule has 0 aromatic heterocycles. The summed E-state index contributed by atoms with van der Waals surface area (Å²) < 4.78 is 0.441. The highest BCUT2D eigenvalue weighted by atomic mass is 32.2. The summed E-state index contributed by atoms with van der Waals surface area (Å²) >= 11 is 2.10. The van der Waals surface area contributed by atoms with E-state index in [9.17, 15) is 0 Å². The molecule has 0 radical (unpaired) electrons. The van der Waals surface area contributed by atoms with Crippen molar-refractivity contribution in [3.63, 3.8) is 0 Å². The van der Waals surface area contributed by atoms with Crippen molar-refractivity contribution in [2.45, 2.75) is 52.0 Å². The molecular weight excluding hydrogens is 139 g/mol. The number of rotatable bonds is 3. The SMILES string of the molecule is CCB(CC)SC(C)(C)C. The van der Waals surface area contributed by atoms with E-state index in [1.165, 1.54) is 12.6 Å². The van der Waals surface area contributed by atoms with Gasteiger partial charge in [0, 0.05) is 0 Å². The van der Waals surface area contributed by atoms with E-state index in [-0.39, 0.29) is 0 Å². The van der Waals surface area contributed by atoms with Gasteiger partial charge in [0.1, 0.15) is 0 Å². The summed E-state index contributed by atoms with van der Waals surface area (Å²) in [7, 11) is 0. The van der Waals surface area contributed by atoms with Gasteiger partial charge < -0.3 is 0 Å². The molecule has 0 rings (SSSR count). The minimum absolute atomic E-state index is 0.441. The molecule has 0 saturated carbocycles. The highest BCUT2D eigenvalue weighted by molar-refractivity contribution is 8.26. The van der Waals surface area contributed by atoms with Crippen LogP contribution in [0.25, 0.3) is 0 Å². The van der Waals surface area contributed by atoms with E-state index in [1.807, 2.05) is 0 Å². The van der Waals surface area contributed by atoms with Crippen molar-refractivity contribution in [1.82, 2.24) is 0 Å². The van der Waals surface area contributed by atoms with Crippen molar-refractivity contribution in [1.29, 1.82) is 0 Å². The summed E-state index contributed by atoms with van der Waals surface area (Å²) in [6.45, 7) is 11.4. The van der Waals surface area contributed by atoms with Gasteiger partial charge in [-0.25, -0.2) is 11.6 Å². The molecule has 0 aliphatic carbocycles. The van der Waals surface area contributed by atoms with Crippen molar-refractivity contribution >= 4 is 17.6 Å². The predicted molar refractivity (Wildman–Crippen MR) is 54.1 cm³/mol. The minimum atomic E-state index is 0.441. The van der Waals surface area contributed by atoms with Crippen molar-refractivity contribution in [3.8, 4) is 0 Å². The third-order valence-electron chi connectivity index (χ3n) is 1.43. The van der Waals surface area contributed by atoms with E-state index in [0.29, 0.717) is 4.75 Å². The van der Waals surface area contributed by atoms with Crippen LogP contribution in [0.2, 0.25) is 12.6 Å². The van der Waals surface area contributed by atoms with Gasteiger partial charge >= 0.3 is 0 Å². The second-order valence-electron chi connectivity index (χ2n) is 3.67. The molecule has 0 fully saturated rings. The Morgan fingerprint density at radius 1 is 1.10 bits per heavy atom. The lowest BCUT2D eigenvalue weighted by molar-refractivity contribution is 0.809. The van der Waals surface area contributed by atoms with Crippen LogP contribution in [0.15, 0.2) is 0 Å². The first-order valence-corrected chi connectivity index (χ1v) is 5.05. The zero-order valence-corrected chi connectivity index (χ0v) is 8.72. The van der Waals surface area contributed by atoms with Crippen LogP contribution in [0.1, 0.15) is 34.6 Å². The standard InChI is InChI=1S/C8H19BS/c1-6-9(7-2)10-8(3,4)5/h6-7H2,1-5H3. The first kappa shape index (κ1) is 10.4. The number of hydrogen-bond acceptors (Lipinski definition) is 1. The van der Waals surface area contributed by atoms with Gasteiger partial charge in [-0.05, 0) is 4.75 Å². The molecule has 0 atom stereocenters. The lowest BCUT2D eigenvalue weighted by Crippen LogP contribution is -2.17. The van der Waals surface area contributed by atoms with Gasteiger partial charge in [0.15, 0.2) is 0 Å². The third kappa shape index (κ3) is 5.22. The van der Waals surface area contributed by atoms with Gasteiger partial charge in [-0.15, -0.1) is 0 Å². The van der Waals surface area contributed by atoms with Crippen molar-refractivity contribution in [3.05, 3.63) is 0 Å². The smallest absolute Gasteiger partial charge is 0.204 e. The van der Waals surface area contributed by atoms with E-state index in [4.69, 9.17) is 0 Å². The molecule has 0 aromatic carbocycles. The second-order valence-corrected chi connectivity index (χ2v) is 5.80. The van der Waals surface area contributed by atoms with Gasteiger partial charge in [-0.1, -0.05) is 47.3 Å². The van der Waals surface area contributed by atoms with E-state index in [2.05, 4.69) is 46.2 Å². The molecule has 2 heteroatoms. The molecule has 0 saturated heterocycles. The Balaban J connectivity index is 3.63. The van der Waals surface area contributed by atoms with Crippen molar-refractivity contribution in [2.75, 3.05) is 0 Å². The van der Waals surface area contributed by atoms with Crippen molar-refractivity contribution < 1.29 is 0 Å². The van der Waals surface area contributed by atoms with E-state index in [1.54, 1.807) is 0 Å². The molecule has 0 unspecified atom stereocenters. The van der Waals surface area contributed by atoms with E-state index >= 15 is 0 Å². The first-order valence-electron chi connectivity index (χ1n) is 4.17. The normalized spacial score (nSPS) is 11.7. The molecule has 0 aromatic rings. The quantitative estimate of drug-likeness (QED) is 0.566. The highest BCUT2D eigenvalue weighted by Crippen LogP contribution is 2.29. The summed E-state index contributed by atoms with van der Waals surface area (Å²) in [5.41, 5.74) is 0. The predicted octanol–water partition coefficient (Wildman–Crippen LogP) is 3.55. The lowest BCUT2D eigenvalue weighted by Gasteiger charge is -2.22. The summed E-state index contributed by atoms with van der Waals surface area (Å²) in [5.74, 6) is 0.861. The molecule has 0 nitrogen and oxygen atoms in total. The maximum absolute atomic E-state index is 2.29. The Morgan fingerprint density at radius 3 is 1.60 bits per heavy atom. The van der Waals surface area contributed by atoms with Crippen LogP contribution in [-0.4, -0.2) is 10.7 Å². The van der Waals surface area contributed by atoms with E-state index in [0.717, 1.165) is 5.99 Å². The average Bonchev–Trinajstić information content (AvgIpc) is 1.81. The lowest BCUT2D eigenvalue weighted by atomic mass is 9.70. The Bertz CT molecular complexity index is 81.7. The van der Waals surface area contributed by atoms with Gasteiger partial charge in [0.25, 0.3) is 0 Å². The zero-order chi connectivity index (χ0) is 8.20. The molecule has 0 spiro atoms. The summed E-state index contributed by atoms with van der Waals surface area (Å²) in [5, 5.41) is 0. The fourth-order valence-corrected chi connectivity index (χ4v) is 2.29. The average molecular weight is 158 g/mol. The fourth-order valence-electron chi connectivity index (χ4n) is 0.955. The summed E-state index contributed by atoms with van der Waals surface area (Å²) in [6.07, 6.45) is 2.61. The van der Waals surface area contributed by atoms with Crippen molar-refractivity contribution in [2.24, 2.45) is 0 Å². The fraction of sp³-hybridized carbons (Fsp3) is 1.00. The van der Waals surface area contributed by atoms with Crippen LogP contribution < -0.4 is 0 Å². The van der Waals surface area contributed by atoms with Crippen LogP contribution in [0.4, 0.5) is 0 Å². The van der Waals surface area contributed by atoms with Gasteiger partial charge in [0.05, 0.1) is 0 Å². The minimum Gasteiger partial charge on any atom is -0.204 e. The molecular formula is C8H19BS. The topological polar surface area (TPSA) is 0 Å². The van der Waals surface area contributed by atoms with Gasteiger partial charge in [0.2, 0.25) is 5.99 Å². The van der Waals surface area contributed by atoms with E-state index < -0.39 is 0 Å². The van der Waals surface area contributed by atoms with Gasteiger partial charge in [-0.3, -0.25) is 0 Å². The maximum atomic E-state index is 2.29.